The van der Waals surface area contributed by atoms with E-state index in [1.165, 1.54) is 0 Å². The summed E-state index contributed by atoms with van der Waals surface area (Å²) in [5, 5.41) is 13.6. The summed E-state index contributed by atoms with van der Waals surface area (Å²) in [6, 6.07) is 0. The van der Waals surface area contributed by atoms with Gasteiger partial charge in [-0.1, -0.05) is 13.8 Å². The molecule has 0 aromatic heterocycles. The van der Waals surface area contributed by atoms with Crippen molar-refractivity contribution < 1.29 is 10.3 Å². The Bertz CT molecular complexity index is 33.9. The standard InChI is InChI=1S/C2H6.HNO3.H3N/c1-2;2-1(3)4;/h1-2H3;(H,2,3,4);1H3. The van der Waals surface area contributed by atoms with Gasteiger partial charge in [0.2, 0.25) is 0 Å². The predicted molar refractivity (Wildman–Crippen MR) is 25.2 cm³/mol. The van der Waals surface area contributed by atoms with Gasteiger partial charge in [-0.3, -0.25) is 0 Å². The van der Waals surface area contributed by atoms with E-state index in [1.54, 1.807) is 0 Å². The van der Waals surface area contributed by atoms with Crippen LogP contribution >= 0.6 is 0 Å². The molecule has 0 aromatic carbocycles. The summed E-state index contributed by atoms with van der Waals surface area (Å²) in [5.74, 6) is 0. The fourth-order valence-electron chi connectivity index (χ4n) is 0. The van der Waals surface area contributed by atoms with E-state index in [0.717, 1.165) is 0 Å². The minimum Gasteiger partial charge on any atom is -0.344 e. The maximum absolute atomic E-state index is 8.36. The van der Waals surface area contributed by atoms with Gasteiger partial charge in [0, 0.05) is 0 Å². The van der Waals surface area contributed by atoms with E-state index < -0.39 is 5.09 Å². The van der Waals surface area contributed by atoms with Crippen LogP contribution < -0.4 is 6.15 Å². The second kappa shape index (κ2) is 19.1. The van der Waals surface area contributed by atoms with Crippen LogP contribution in [-0.4, -0.2) is 10.3 Å². The fourth-order valence-corrected chi connectivity index (χ4v) is 0. The molecule has 5 nitrogen and oxygen atoms in total. The van der Waals surface area contributed by atoms with Gasteiger partial charge in [-0.05, 0) is 0 Å². The van der Waals surface area contributed by atoms with Gasteiger partial charge in [0.25, 0.3) is 5.09 Å². The molecule has 0 saturated carbocycles. The second-order valence-electron chi connectivity index (χ2n) is 0.238. The van der Waals surface area contributed by atoms with Gasteiger partial charge in [-0.2, -0.15) is 0 Å². The van der Waals surface area contributed by atoms with Crippen molar-refractivity contribution in [3.63, 3.8) is 0 Å². The topological polar surface area (TPSA) is 98.4 Å². The largest absolute Gasteiger partial charge is 0.344 e. The van der Waals surface area contributed by atoms with Gasteiger partial charge >= 0.3 is 0 Å². The lowest BCUT2D eigenvalue weighted by Crippen LogP contribution is -1.81. The second-order valence-corrected chi connectivity index (χ2v) is 0.238. The van der Waals surface area contributed by atoms with Crippen molar-refractivity contribution >= 4 is 0 Å². The first-order chi connectivity index (χ1) is 2.73. The van der Waals surface area contributed by atoms with Crippen LogP contribution in [0.25, 0.3) is 0 Å². The molecule has 0 atom stereocenters. The molecule has 4 N–H and O–H groups in total. The zero-order chi connectivity index (χ0) is 5.58. The quantitative estimate of drug-likeness (QED) is 0.356. The van der Waals surface area contributed by atoms with E-state index in [0.29, 0.717) is 0 Å². The summed E-state index contributed by atoms with van der Waals surface area (Å²) in [5.41, 5.74) is 0. The highest BCUT2D eigenvalue weighted by Gasteiger charge is 1.65. The Morgan fingerprint density at radius 1 is 1.57 bits per heavy atom. The lowest BCUT2D eigenvalue weighted by Gasteiger charge is -1.56. The van der Waals surface area contributed by atoms with E-state index in [1.807, 2.05) is 13.8 Å². The molecule has 0 unspecified atom stereocenters. The molecule has 0 fully saturated rings. The number of nitrogens with zero attached hydrogens (tertiary/aromatic N) is 1. The zero-order valence-electron chi connectivity index (χ0n) is 4.42. The molecular formula is C2H10N2O3. The van der Waals surface area contributed by atoms with Gasteiger partial charge in [-0.25, -0.2) is 0 Å². The maximum atomic E-state index is 8.36. The Hall–Kier alpha value is -0.840. The SMILES string of the molecule is CC.N.O=[N+]([O-])O. The van der Waals surface area contributed by atoms with Crippen molar-refractivity contribution in [2.75, 3.05) is 0 Å². The van der Waals surface area contributed by atoms with E-state index >= 15 is 0 Å². The van der Waals surface area contributed by atoms with Gasteiger partial charge in [0.05, 0.1) is 0 Å². The van der Waals surface area contributed by atoms with Gasteiger partial charge < -0.3 is 11.4 Å². The Balaban J connectivity index is -0.0000000480. The van der Waals surface area contributed by atoms with Crippen LogP contribution in [-0.2, 0) is 0 Å². The summed E-state index contributed by atoms with van der Waals surface area (Å²) in [6.07, 6.45) is 0. The molecule has 0 aliphatic carbocycles. The number of rotatable bonds is 0. The normalized spacial score (nSPS) is 4.29. The van der Waals surface area contributed by atoms with Crippen molar-refractivity contribution in [1.29, 1.82) is 0 Å². The van der Waals surface area contributed by atoms with Crippen LogP contribution in [0.5, 0.6) is 0 Å². The zero-order valence-corrected chi connectivity index (χ0v) is 4.42. The average molecular weight is 110 g/mol. The molecule has 0 heterocycles. The molecule has 0 radical (unpaired) electrons. The summed E-state index contributed by atoms with van der Waals surface area (Å²) < 4.78 is 0. The molecule has 0 saturated heterocycles. The van der Waals surface area contributed by atoms with E-state index in [4.69, 9.17) is 15.3 Å². The molecule has 0 amide bonds. The Morgan fingerprint density at radius 3 is 1.57 bits per heavy atom. The molecule has 0 aromatic rings. The summed E-state index contributed by atoms with van der Waals surface area (Å²) in [4.78, 5) is 8.36. The number of hydrogen-bond acceptors (Lipinski definition) is 3. The first-order valence-electron chi connectivity index (χ1n) is 1.57. The monoisotopic (exact) mass is 110 g/mol. The van der Waals surface area contributed by atoms with Crippen molar-refractivity contribution in [1.82, 2.24) is 6.15 Å². The van der Waals surface area contributed by atoms with Crippen LogP contribution in [0.4, 0.5) is 0 Å². The Labute approximate surface area is 41.6 Å². The molecule has 7 heavy (non-hydrogen) atoms. The van der Waals surface area contributed by atoms with Crippen molar-refractivity contribution in [3.8, 4) is 0 Å². The van der Waals surface area contributed by atoms with Crippen LogP contribution in [0, 0.1) is 10.1 Å². The van der Waals surface area contributed by atoms with E-state index in [2.05, 4.69) is 0 Å². The van der Waals surface area contributed by atoms with E-state index in [9.17, 15) is 0 Å². The predicted octanol–water partition coefficient (Wildman–Crippen LogP) is 0.840. The molecule has 0 spiro atoms. The van der Waals surface area contributed by atoms with Crippen molar-refractivity contribution in [2.45, 2.75) is 13.8 Å². The van der Waals surface area contributed by atoms with Gasteiger partial charge in [-0.15, -0.1) is 10.1 Å². The summed E-state index contributed by atoms with van der Waals surface area (Å²) in [6.45, 7) is 4.00. The van der Waals surface area contributed by atoms with Crippen molar-refractivity contribution in [3.05, 3.63) is 10.1 Å². The highest BCUT2D eigenvalue weighted by Crippen LogP contribution is 1.38. The van der Waals surface area contributed by atoms with Gasteiger partial charge in [0.1, 0.15) is 0 Å². The molecule has 0 bridgehead atoms. The third-order valence-corrected chi connectivity index (χ3v) is 0. The molecule has 0 aliphatic heterocycles. The highest BCUT2D eigenvalue weighted by molar-refractivity contribution is 3.83. The molecular weight excluding hydrogens is 100 g/mol. The Morgan fingerprint density at radius 2 is 1.57 bits per heavy atom. The minimum atomic E-state index is -1.50. The number of hydrogen-bond donors (Lipinski definition) is 2. The molecule has 46 valence electrons. The highest BCUT2D eigenvalue weighted by atomic mass is 16.9. The Kier molecular flexibility index (Phi) is 44.9. The van der Waals surface area contributed by atoms with Crippen LogP contribution in [0.1, 0.15) is 13.8 Å². The summed E-state index contributed by atoms with van der Waals surface area (Å²) >= 11 is 0. The average Bonchev–Trinajstić information content (AvgIpc) is 1.41. The molecule has 0 aliphatic rings. The molecule has 0 rings (SSSR count). The van der Waals surface area contributed by atoms with E-state index in [-0.39, 0.29) is 6.15 Å². The summed E-state index contributed by atoms with van der Waals surface area (Å²) in [7, 11) is 0. The minimum absolute atomic E-state index is 0. The third kappa shape index (κ3) is 73.0. The first kappa shape index (κ1) is 16.4. The van der Waals surface area contributed by atoms with Crippen molar-refractivity contribution in [2.24, 2.45) is 0 Å². The smallest absolute Gasteiger partial charge is 0.291 e. The van der Waals surface area contributed by atoms with Crippen LogP contribution in [0.3, 0.4) is 0 Å². The lowest BCUT2D eigenvalue weighted by atomic mass is 11.0. The third-order valence-electron chi connectivity index (χ3n) is 0. The fraction of sp³-hybridized carbons (Fsp3) is 1.00. The van der Waals surface area contributed by atoms with Gasteiger partial charge in [0.15, 0.2) is 0 Å². The van der Waals surface area contributed by atoms with Crippen LogP contribution in [0.15, 0.2) is 0 Å². The van der Waals surface area contributed by atoms with Crippen LogP contribution in [0.2, 0.25) is 0 Å². The lowest BCUT2D eigenvalue weighted by molar-refractivity contribution is -0.742. The molecule has 5 heteroatoms. The first-order valence-corrected chi connectivity index (χ1v) is 1.57. The maximum Gasteiger partial charge on any atom is 0.291 e.